The lowest BCUT2D eigenvalue weighted by molar-refractivity contribution is 0.466. The van der Waals surface area contributed by atoms with Crippen molar-refractivity contribution in [2.45, 2.75) is 19.9 Å². The van der Waals surface area contributed by atoms with Gasteiger partial charge in [-0.25, -0.2) is 0 Å². The van der Waals surface area contributed by atoms with Crippen molar-refractivity contribution >= 4 is 80.5 Å². The minimum atomic E-state index is -5.19. The van der Waals surface area contributed by atoms with Gasteiger partial charge >= 0.3 is 0 Å². The average molecular weight is 664 g/mol. The van der Waals surface area contributed by atoms with Gasteiger partial charge in [0.2, 0.25) is 0 Å². The molecule has 17 nitrogen and oxygen atoms in total. The number of nitrogen functional groups attached to an aromatic ring is 1. The molecule has 1 aliphatic rings. The van der Waals surface area contributed by atoms with Gasteiger partial charge in [0.1, 0.15) is 37.1 Å². The van der Waals surface area contributed by atoms with Crippen molar-refractivity contribution < 1.29 is 62.1 Å². The predicted octanol–water partition coefficient (Wildman–Crippen LogP) is 2.29. The third kappa shape index (κ3) is 5.84. The number of phenols is 2. The number of anilines is 1. The third-order valence-electron chi connectivity index (χ3n) is 5.80. The first kappa shape index (κ1) is 31.0. The predicted molar refractivity (Wildman–Crippen MR) is 145 cm³/mol. The van der Waals surface area contributed by atoms with E-state index in [1.54, 1.807) is 0 Å². The third-order valence-corrected chi connectivity index (χ3v) is 9.47. The smallest absolute Gasteiger partial charge is 0.295 e. The van der Waals surface area contributed by atoms with Gasteiger partial charge in [-0.2, -0.15) is 33.7 Å². The standard InChI is InChI=1S/C21H17N3O14S4/c22-9-5-13-16(40(30,31)32)7-14(21(26)19(13)18(6-9)42(36,37)38)23-24-20-12-4-2-10(39(27,28)29)1-3-11(12)17(8-15(20)25)41(33,34)35/h1-8,10,25-26H,22H2,(H,27,28,29)(H,30,31,32)(H,33,34,35)(H,36,37,38). The fourth-order valence-corrected chi connectivity index (χ4v) is 6.76. The van der Waals surface area contributed by atoms with Crippen LogP contribution in [0.2, 0.25) is 0 Å². The first-order valence-corrected chi connectivity index (χ1v) is 16.6. The Bertz CT molecular complexity index is 2220. The minimum absolute atomic E-state index is 0.386. The summed E-state index contributed by atoms with van der Waals surface area (Å²) in [5.41, 5.74) is 2.88. The molecule has 0 saturated carbocycles. The Hall–Kier alpha value is -3.96. The Labute approximate surface area is 236 Å². The first-order valence-electron chi connectivity index (χ1n) is 10.8. The summed E-state index contributed by atoms with van der Waals surface area (Å²) in [4.78, 5) is -3.02. The number of benzene rings is 3. The van der Waals surface area contributed by atoms with Gasteiger partial charge in [-0.1, -0.05) is 24.3 Å². The van der Waals surface area contributed by atoms with Crippen molar-refractivity contribution in [2.24, 2.45) is 10.2 Å². The Morgan fingerprint density at radius 3 is 1.74 bits per heavy atom. The maximum Gasteiger partial charge on any atom is 0.295 e. The molecule has 4 rings (SSSR count). The number of phenolic OH excluding ortho intramolecular Hbond substituents is 2. The molecule has 3 aromatic rings. The number of nitrogens with two attached hydrogens (primary N) is 1. The zero-order valence-corrected chi connectivity index (χ0v) is 23.5. The van der Waals surface area contributed by atoms with Gasteiger partial charge in [0.15, 0.2) is 5.75 Å². The van der Waals surface area contributed by atoms with E-state index >= 15 is 0 Å². The van der Waals surface area contributed by atoms with Crippen LogP contribution in [0.3, 0.4) is 0 Å². The van der Waals surface area contributed by atoms with Gasteiger partial charge in [-0.05, 0) is 18.2 Å². The molecule has 0 aromatic heterocycles. The number of rotatable bonds is 6. The van der Waals surface area contributed by atoms with Crippen LogP contribution in [0.5, 0.6) is 11.5 Å². The fraction of sp³-hybridized carbons (Fsp3) is 0.0476. The Kier molecular flexibility index (Phi) is 7.45. The van der Waals surface area contributed by atoms with E-state index in [2.05, 4.69) is 10.2 Å². The molecule has 0 bridgehead atoms. The highest BCUT2D eigenvalue weighted by Gasteiger charge is 2.28. The van der Waals surface area contributed by atoms with E-state index < -0.39 is 105 Å². The second-order valence-electron chi connectivity index (χ2n) is 8.58. The van der Waals surface area contributed by atoms with Crippen molar-refractivity contribution in [1.82, 2.24) is 0 Å². The van der Waals surface area contributed by atoms with E-state index in [0.717, 1.165) is 30.4 Å². The lowest BCUT2D eigenvalue weighted by Crippen LogP contribution is -2.14. The number of hydrogen-bond acceptors (Lipinski definition) is 13. The maximum absolute atomic E-state index is 12.1. The van der Waals surface area contributed by atoms with E-state index in [9.17, 15) is 62.1 Å². The molecule has 42 heavy (non-hydrogen) atoms. The van der Waals surface area contributed by atoms with Crippen LogP contribution in [0.4, 0.5) is 17.1 Å². The minimum Gasteiger partial charge on any atom is -0.506 e. The van der Waals surface area contributed by atoms with Gasteiger partial charge in [0, 0.05) is 33.7 Å². The van der Waals surface area contributed by atoms with E-state index in [1.165, 1.54) is 0 Å². The highest BCUT2D eigenvalue weighted by Crippen LogP contribution is 2.45. The molecule has 0 spiro atoms. The molecular formula is C21H17N3O14S4. The van der Waals surface area contributed by atoms with Gasteiger partial charge in [-0.3, -0.25) is 18.2 Å². The second-order valence-corrected chi connectivity index (χ2v) is 14.3. The van der Waals surface area contributed by atoms with Crippen molar-refractivity contribution in [3.05, 3.63) is 47.5 Å². The van der Waals surface area contributed by atoms with Crippen molar-refractivity contribution in [2.75, 3.05) is 5.73 Å². The molecule has 8 N–H and O–H groups in total. The van der Waals surface area contributed by atoms with Crippen molar-refractivity contribution in [3.8, 4) is 11.5 Å². The topological polar surface area (TPSA) is 309 Å². The summed E-state index contributed by atoms with van der Waals surface area (Å²) in [5.74, 6) is -2.09. The van der Waals surface area contributed by atoms with Crippen molar-refractivity contribution in [1.29, 1.82) is 0 Å². The largest absolute Gasteiger partial charge is 0.506 e. The molecule has 1 unspecified atom stereocenters. The van der Waals surface area contributed by atoms with Crippen LogP contribution in [0, 0.1) is 0 Å². The van der Waals surface area contributed by atoms with Gasteiger partial charge in [0.05, 0.1) is 0 Å². The highest BCUT2D eigenvalue weighted by molar-refractivity contribution is 7.87. The van der Waals surface area contributed by atoms with E-state index in [-0.39, 0.29) is 5.69 Å². The van der Waals surface area contributed by atoms with E-state index in [4.69, 9.17) is 5.73 Å². The fourth-order valence-electron chi connectivity index (χ4n) is 4.04. The summed E-state index contributed by atoms with van der Waals surface area (Å²) in [6.45, 7) is 0. The first-order chi connectivity index (χ1) is 19.1. The summed E-state index contributed by atoms with van der Waals surface area (Å²) in [7, 11) is -20.2. The zero-order valence-electron chi connectivity index (χ0n) is 20.3. The average Bonchev–Trinajstić information content (AvgIpc) is 3.05. The molecule has 0 amide bonds. The molecule has 3 aromatic carbocycles. The number of hydrogen-bond donors (Lipinski definition) is 7. The summed E-state index contributed by atoms with van der Waals surface area (Å²) in [6.07, 6.45) is 3.48. The quantitative estimate of drug-likeness (QED) is 0.113. The molecule has 0 fully saturated rings. The molecular weight excluding hydrogens is 647 g/mol. The lowest BCUT2D eigenvalue weighted by Gasteiger charge is -2.13. The molecule has 1 atom stereocenters. The van der Waals surface area contributed by atoms with E-state index in [0.29, 0.717) is 18.2 Å². The number of azo groups is 1. The van der Waals surface area contributed by atoms with Crippen LogP contribution >= 0.6 is 0 Å². The van der Waals surface area contributed by atoms with Crippen LogP contribution in [-0.4, -0.2) is 67.3 Å². The van der Waals surface area contributed by atoms with Crippen LogP contribution in [-0.2, 0) is 40.5 Å². The Morgan fingerprint density at radius 1 is 0.667 bits per heavy atom. The van der Waals surface area contributed by atoms with Gasteiger partial charge in [0.25, 0.3) is 40.5 Å². The molecule has 0 heterocycles. The van der Waals surface area contributed by atoms with Crippen LogP contribution < -0.4 is 5.73 Å². The van der Waals surface area contributed by atoms with Crippen LogP contribution in [0.1, 0.15) is 11.1 Å². The highest BCUT2D eigenvalue weighted by atomic mass is 32.2. The second kappa shape index (κ2) is 10.1. The number of aromatic hydroxyl groups is 2. The van der Waals surface area contributed by atoms with E-state index in [1.807, 2.05) is 0 Å². The van der Waals surface area contributed by atoms with Gasteiger partial charge < -0.3 is 15.9 Å². The Morgan fingerprint density at radius 2 is 1.21 bits per heavy atom. The molecule has 21 heteroatoms. The Balaban J connectivity index is 2.07. The summed E-state index contributed by atoms with van der Waals surface area (Å²) >= 11 is 0. The lowest BCUT2D eigenvalue weighted by atomic mass is 10.0. The van der Waals surface area contributed by atoms with Crippen molar-refractivity contribution in [3.63, 3.8) is 0 Å². The SMILES string of the molecule is Nc1cc(S(=O)(=O)O)c2c(O)c(N=Nc3c(O)cc(S(=O)(=O)O)c4c3C=CC(S(=O)(=O)O)C=C4)cc(S(=O)(=O)O)c2c1. The molecule has 1 aliphatic carbocycles. The summed E-state index contributed by atoms with van der Waals surface area (Å²) in [6, 6.07) is 2.60. The molecule has 0 aliphatic heterocycles. The van der Waals surface area contributed by atoms with Crippen LogP contribution in [0.15, 0.2) is 61.3 Å². The zero-order chi connectivity index (χ0) is 31.6. The number of fused-ring (bicyclic) bond motifs is 2. The summed E-state index contributed by atoms with van der Waals surface area (Å²) in [5, 5.41) is 25.4. The van der Waals surface area contributed by atoms with Gasteiger partial charge in [-0.15, -0.1) is 10.2 Å². The molecule has 0 saturated heterocycles. The maximum atomic E-state index is 12.1. The summed E-state index contributed by atoms with van der Waals surface area (Å²) < 4.78 is 134. The number of nitrogens with zero attached hydrogens (tertiary/aromatic N) is 2. The van der Waals surface area contributed by atoms with Crippen LogP contribution in [0.25, 0.3) is 22.9 Å². The molecule has 0 radical (unpaired) electrons. The normalized spacial score (nSPS) is 16.1. The monoisotopic (exact) mass is 663 g/mol. The molecule has 224 valence electrons.